The van der Waals surface area contributed by atoms with Crippen molar-refractivity contribution in [3.05, 3.63) is 53.5 Å². The molecule has 0 amide bonds. The first-order valence-corrected chi connectivity index (χ1v) is 5.82. The maximum absolute atomic E-state index is 13.4. The predicted octanol–water partition coefficient (Wildman–Crippen LogP) is 3.55. The highest BCUT2D eigenvalue weighted by Gasteiger charge is 2.06. The van der Waals surface area contributed by atoms with Gasteiger partial charge in [0, 0.05) is 10.6 Å². The van der Waals surface area contributed by atoms with E-state index in [1.54, 1.807) is 30.3 Å². The summed E-state index contributed by atoms with van der Waals surface area (Å²) in [6, 6.07) is 11.9. The number of nitriles is 1. The molecule has 0 atom stereocenters. The van der Waals surface area contributed by atoms with Gasteiger partial charge in [-0.05, 0) is 31.2 Å². The normalized spacial score (nSPS) is 9.94. The molecule has 0 aliphatic carbocycles. The van der Waals surface area contributed by atoms with E-state index in [1.807, 2.05) is 6.92 Å². The summed E-state index contributed by atoms with van der Waals surface area (Å²) in [4.78, 5) is 4.77. The lowest BCUT2D eigenvalue weighted by Gasteiger charge is -2.03. The van der Waals surface area contributed by atoms with Gasteiger partial charge in [-0.15, -0.1) is 0 Å². The molecular formula is C13H9FN2S. The van der Waals surface area contributed by atoms with E-state index >= 15 is 0 Å². The van der Waals surface area contributed by atoms with Gasteiger partial charge in [-0.3, -0.25) is 0 Å². The minimum atomic E-state index is -0.278. The fraction of sp³-hybridized carbons (Fsp3) is 0.0769. The van der Waals surface area contributed by atoms with Gasteiger partial charge in [-0.25, -0.2) is 9.37 Å². The fourth-order valence-corrected chi connectivity index (χ4v) is 2.31. The van der Waals surface area contributed by atoms with E-state index in [0.29, 0.717) is 15.5 Å². The summed E-state index contributed by atoms with van der Waals surface area (Å²) in [6.07, 6.45) is 0. The average Bonchev–Trinajstić information content (AvgIpc) is 2.31. The number of rotatable bonds is 2. The Hall–Kier alpha value is -1.86. The van der Waals surface area contributed by atoms with Crippen LogP contribution < -0.4 is 0 Å². The molecule has 2 aromatic rings. The lowest BCUT2D eigenvalue weighted by molar-refractivity contribution is 0.602. The van der Waals surface area contributed by atoms with Crippen LogP contribution in [0.25, 0.3) is 0 Å². The number of nitrogens with zero attached hydrogens (tertiary/aromatic N) is 2. The summed E-state index contributed by atoms with van der Waals surface area (Å²) in [7, 11) is 0. The summed E-state index contributed by atoms with van der Waals surface area (Å²) in [5, 5.41) is 9.48. The van der Waals surface area contributed by atoms with Crippen molar-refractivity contribution in [1.82, 2.24) is 4.98 Å². The minimum Gasteiger partial charge on any atom is -0.246 e. The summed E-state index contributed by atoms with van der Waals surface area (Å²) in [5.41, 5.74) is 1.29. The van der Waals surface area contributed by atoms with Crippen LogP contribution in [0.15, 0.2) is 46.3 Å². The summed E-state index contributed by atoms with van der Waals surface area (Å²) in [5.74, 6) is -0.278. The third-order valence-electron chi connectivity index (χ3n) is 2.11. The van der Waals surface area contributed by atoms with Crippen molar-refractivity contribution in [2.45, 2.75) is 16.8 Å². The van der Waals surface area contributed by atoms with Gasteiger partial charge in [0.2, 0.25) is 0 Å². The second-order valence-corrected chi connectivity index (χ2v) is 4.54. The van der Waals surface area contributed by atoms with Gasteiger partial charge >= 0.3 is 0 Å². The van der Waals surface area contributed by atoms with Gasteiger partial charge in [0.1, 0.15) is 10.8 Å². The van der Waals surface area contributed by atoms with Crippen LogP contribution in [0.5, 0.6) is 0 Å². The Morgan fingerprint density at radius 3 is 2.76 bits per heavy atom. The zero-order valence-electron chi connectivity index (χ0n) is 9.14. The topological polar surface area (TPSA) is 36.7 Å². The number of hydrogen-bond acceptors (Lipinski definition) is 3. The van der Waals surface area contributed by atoms with E-state index in [9.17, 15) is 4.39 Å². The molecule has 0 aliphatic rings. The van der Waals surface area contributed by atoms with Crippen molar-refractivity contribution < 1.29 is 4.39 Å². The molecule has 0 saturated heterocycles. The second-order valence-electron chi connectivity index (χ2n) is 3.48. The van der Waals surface area contributed by atoms with Crippen LogP contribution in [-0.2, 0) is 0 Å². The maximum atomic E-state index is 13.4. The van der Waals surface area contributed by atoms with Crippen LogP contribution in [0.3, 0.4) is 0 Å². The Labute approximate surface area is 103 Å². The molecule has 84 valence electrons. The van der Waals surface area contributed by atoms with Crippen LogP contribution in [-0.4, -0.2) is 4.98 Å². The number of aromatic nitrogens is 1. The molecule has 0 aliphatic heterocycles. The lowest BCUT2D eigenvalue weighted by atomic mass is 10.2. The molecule has 0 spiro atoms. The summed E-state index contributed by atoms with van der Waals surface area (Å²) >= 11 is 1.22. The number of benzene rings is 1. The Morgan fingerprint density at radius 1 is 1.29 bits per heavy atom. The highest BCUT2D eigenvalue weighted by atomic mass is 32.2. The van der Waals surface area contributed by atoms with E-state index in [1.165, 1.54) is 17.8 Å². The molecule has 17 heavy (non-hydrogen) atoms. The van der Waals surface area contributed by atoms with E-state index in [0.717, 1.165) is 5.69 Å². The SMILES string of the molecule is Cc1cc(C#N)cc(Sc2ccccc2F)n1. The molecule has 4 heteroatoms. The molecule has 1 aromatic heterocycles. The predicted molar refractivity (Wildman–Crippen MR) is 64.2 cm³/mol. The molecule has 0 saturated carbocycles. The number of pyridine rings is 1. The molecular weight excluding hydrogens is 235 g/mol. The van der Waals surface area contributed by atoms with Gasteiger partial charge in [0.25, 0.3) is 0 Å². The maximum Gasteiger partial charge on any atom is 0.137 e. The van der Waals surface area contributed by atoms with Crippen molar-refractivity contribution in [1.29, 1.82) is 5.26 Å². The van der Waals surface area contributed by atoms with Crippen LogP contribution >= 0.6 is 11.8 Å². The first-order valence-electron chi connectivity index (χ1n) is 5.00. The van der Waals surface area contributed by atoms with Gasteiger partial charge in [-0.2, -0.15) is 5.26 Å². The van der Waals surface area contributed by atoms with Crippen molar-refractivity contribution in [2.75, 3.05) is 0 Å². The van der Waals surface area contributed by atoms with Crippen LogP contribution in [0.2, 0.25) is 0 Å². The fourth-order valence-electron chi connectivity index (χ4n) is 1.40. The Bertz CT molecular complexity index is 590. The zero-order chi connectivity index (χ0) is 12.3. The zero-order valence-corrected chi connectivity index (χ0v) is 9.96. The molecule has 0 N–H and O–H groups in total. The third kappa shape index (κ3) is 2.83. The van der Waals surface area contributed by atoms with Gasteiger partial charge in [0.05, 0.1) is 11.6 Å². The van der Waals surface area contributed by atoms with Crippen LogP contribution in [0.4, 0.5) is 4.39 Å². The van der Waals surface area contributed by atoms with Crippen molar-refractivity contribution in [2.24, 2.45) is 0 Å². The van der Waals surface area contributed by atoms with Gasteiger partial charge in [-0.1, -0.05) is 23.9 Å². The van der Waals surface area contributed by atoms with Crippen molar-refractivity contribution >= 4 is 11.8 Å². The largest absolute Gasteiger partial charge is 0.246 e. The molecule has 2 nitrogen and oxygen atoms in total. The lowest BCUT2D eigenvalue weighted by Crippen LogP contribution is -1.88. The van der Waals surface area contributed by atoms with E-state index in [4.69, 9.17) is 5.26 Å². The van der Waals surface area contributed by atoms with E-state index in [-0.39, 0.29) is 5.82 Å². The summed E-state index contributed by atoms with van der Waals surface area (Å²) in [6.45, 7) is 1.81. The minimum absolute atomic E-state index is 0.278. The first kappa shape index (κ1) is 11.6. The smallest absolute Gasteiger partial charge is 0.137 e. The molecule has 1 aromatic carbocycles. The standard InChI is InChI=1S/C13H9FN2S/c1-9-6-10(8-15)7-13(16-9)17-12-5-3-2-4-11(12)14/h2-7H,1H3. The number of halogens is 1. The van der Waals surface area contributed by atoms with Crippen molar-refractivity contribution in [3.8, 4) is 6.07 Å². The monoisotopic (exact) mass is 244 g/mol. The van der Waals surface area contributed by atoms with Crippen LogP contribution in [0.1, 0.15) is 11.3 Å². The van der Waals surface area contributed by atoms with Gasteiger partial charge < -0.3 is 0 Å². The Kier molecular flexibility index (Phi) is 3.40. The molecule has 1 heterocycles. The van der Waals surface area contributed by atoms with E-state index in [2.05, 4.69) is 11.1 Å². The highest BCUT2D eigenvalue weighted by Crippen LogP contribution is 2.28. The molecule has 0 bridgehead atoms. The summed E-state index contributed by atoms with van der Waals surface area (Å²) < 4.78 is 13.4. The first-order chi connectivity index (χ1) is 8.19. The third-order valence-corrected chi connectivity index (χ3v) is 3.08. The average molecular weight is 244 g/mol. The Balaban J connectivity index is 2.34. The Morgan fingerprint density at radius 2 is 2.06 bits per heavy atom. The second kappa shape index (κ2) is 4.98. The quantitative estimate of drug-likeness (QED) is 0.810. The van der Waals surface area contributed by atoms with E-state index < -0.39 is 0 Å². The van der Waals surface area contributed by atoms with Crippen molar-refractivity contribution in [3.63, 3.8) is 0 Å². The highest BCUT2D eigenvalue weighted by molar-refractivity contribution is 7.99. The molecule has 2 rings (SSSR count). The molecule has 0 radical (unpaired) electrons. The van der Waals surface area contributed by atoms with Gasteiger partial charge in [0.15, 0.2) is 0 Å². The molecule has 0 fully saturated rings. The number of aryl methyl sites for hydroxylation is 1. The molecule has 0 unspecified atom stereocenters. The van der Waals surface area contributed by atoms with Crippen LogP contribution in [0, 0.1) is 24.1 Å². The number of hydrogen-bond donors (Lipinski definition) is 0.